The van der Waals surface area contributed by atoms with E-state index in [1.165, 1.54) is 32.2 Å². The third kappa shape index (κ3) is 10.8. The van der Waals surface area contributed by atoms with E-state index in [2.05, 4.69) is 27.6 Å². The molecular formula is C16H32NO2+. The summed E-state index contributed by atoms with van der Waals surface area (Å²) in [7, 11) is 4.57. The van der Waals surface area contributed by atoms with Gasteiger partial charge in [-0.05, 0) is 32.6 Å². The standard InChI is InChI=1S/C16H32NO2/c1-6-7-8-9-12-17(4,5)13-10-11-14-19-16(18)15(2)3/h2,6-14H2,1,3-5H3/q+1. The summed E-state index contributed by atoms with van der Waals surface area (Å²) < 4.78 is 6.15. The number of unbranched alkanes of at least 4 members (excludes halogenated alkanes) is 4. The molecule has 0 aromatic carbocycles. The van der Waals surface area contributed by atoms with E-state index >= 15 is 0 Å². The van der Waals surface area contributed by atoms with Gasteiger partial charge < -0.3 is 9.22 Å². The summed E-state index contributed by atoms with van der Waals surface area (Å²) >= 11 is 0. The molecule has 19 heavy (non-hydrogen) atoms. The van der Waals surface area contributed by atoms with Crippen LogP contribution in [0.3, 0.4) is 0 Å². The molecule has 0 aliphatic carbocycles. The molecule has 0 rings (SSSR count). The van der Waals surface area contributed by atoms with Gasteiger partial charge in [-0.15, -0.1) is 0 Å². The quantitative estimate of drug-likeness (QED) is 0.248. The molecule has 112 valence electrons. The fraction of sp³-hybridized carbons (Fsp3) is 0.812. The number of hydrogen-bond donors (Lipinski definition) is 0. The van der Waals surface area contributed by atoms with Crippen LogP contribution in [0.1, 0.15) is 52.4 Å². The minimum absolute atomic E-state index is 0.270. The van der Waals surface area contributed by atoms with Gasteiger partial charge in [-0.25, -0.2) is 4.79 Å². The molecule has 0 saturated heterocycles. The first kappa shape index (κ1) is 18.2. The summed E-state index contributed by atoms with van der Waals surface area (Å²) in [5.41, 5.74) is 0.479. The van der Waals surface area contributed by atoms with Crippen molar-refractivity contribution in [2.45, 2.75) is 52.4 Å². The number of hydrogen-bond acceptors (Lipinski definition) is 2. The van der Waals surface area contributed by atoms with E-state index in [-0.39, 0.29) is 5.97 Å². The summed E-state index contributed by atoms with van der Waals surface area (Å²) in [4.78, 5) is 11.2. The number of esters is 1. The van der Waals surface area contributed by atoms with Gasteiger partial charge in [0.2, 0.25) is 0 Å². The van der Waals surface area contributed by atoms with Gasteiger partial charge in [-0.2, -0.15) is 0 Å². The van der Waals surface area contributed by atoms with Crippen molar-refractivity contribution in [3.8, 4) is 0 Å². The largest absolute Gasteiger partial charge is 0.462 e. The molecular weight excluding hydrogens is 238 g/mol. The Morgan fingerprint density at radius 1 is 1.05 bits per heavy atom. The summed E-state index contributed by atoms with van der Waals surface area (Å²) in [5.74, 6) is -0.270. The fourth-order valence-corrected chi connectivity index (χ4v) is 2.01. The predicted molar refractivity (Wildman–Crippen MR) is 81.0 cm³/mol. The average molecular weight is 270 g/mol. The smallest absolute Gasteiger partial charge is 0.333 e. The summed E-state index contributed by atoms with van der Waals surface area (Å²) in [6.07, 6.45) is 7.33. The molecule has 0 aromatic rings. The van der Waals surface area contributed by atoms with Gasteiger partial charge in [0.1, 0.15) is 0 Å². The molecule has 0 aliphatic heterocycles. The second-order valence-electron chi connectivity index (χ2n) is 6.07. The van der Waals surface area contributed by atoms with E-state index in [4.69, 9.17) is 4.74 Å². The molecule has 0 fully saturated rings. The lowest BCUT2D eigenvalue weighted by atomic mass is 10.2. The molecule has 0 bridgehead atoms. The van der Waals surface area contributed by atoms with E-state index in [1.54, 1.807) is 6.92 Å². The van der Waals surface area contributed by atoms with Crippen molar-refractivity contribution >= 4 is 5.97 Å². The van der Waals surface area contributed by atoms with Crippen molar-refractivity contribution < 1.29 is 14.0 Å². The predicted octanol–water partition coefficient (Wildman–Crippen LogP) is 3.54. The van der Waals surface area contributed by atoms with E-state index in [9.17, 15) is 4.79 Å². The molecule has 0 atom stereocenters. The topological polar surface area (TPSA) is 26.3 Å². The van der Waals surface area contributed by atoms with Gasteiger partial charge >= 0.3 is 5.97 Å². The maximum absolute atomic E-state index is 11.2. The van der Waals surface area contributed by atoms with Crippen LogP contribution in [0.15, 0.2) is 12.2 Å². The van der Waals surface area contributed by atoms with E-state index < -0.39 is 0 Å². The third-order valence-electron chi connectivity index (χ3n) is 3.36. The highest BCUT2D eigenvalue weighted by atomic mass is 16.5. The van der Waals surface area contributed by atoms with Crippen molar-refractivity contribution in [2.75, 3.05) is 33.8 Å². The first-order valence-electron chi connectivity index (χ1n) is 7.53. The lowest BCUT2D eigenvalue weighted by Crippen LogP contribution is -2.41. The fourth-order valence-electron chi connectivity index (χ4n) is 2.01. The molecule has 0 unspecified atom stereocenters. The summed E-state index contributed by atoms with van der Waals surface area (Å²) in [5, 5.41) is 0. The number of carbonyl (C=O) groups is 1. The van der Waals surface area contributed by atoms with Gasteiger partial charge in [-0.1, -0.05) is 26.3 Å². The van der Waals surface area contributed by atoms with Crippen LogP contribution in [0.5, 0.6) is 0 Å². The Morgan fingerprint density at radius 2 is 1.63 bits per heavy atom. The molecule has 0 heterocycles. The number of carbonyl (C=O) groups excluding carboxylic acids is 1. The highest BCUT2D eigenvalue weighted by Crippen LogP contribution is 2.07. The normalized spacial score (nSPS) is 11.4. The van der Waals surface area contributed by atoms with Crippen molar-refractivity contribution in [1.29, 1.82) is 0 Å². The van der Waals surface area contributed by atoms with Gasteiger partial charge in [0, 0.05) is 5.57 Å². The Morgan fingerprint density at radius 3 is 2.16 bits per heavy atom. The summed E-state index contributed by atoms with van der Waals surface area (Å²) in [6.45, 7) is 10.4. The van der Waals surface area contributed by atoms with Crippen LogP contribution in [0.2, 0.25) is 0 Å². The van der Waals surface area contributed by atoms with Crippen LogP contribution >= 0.6 is 0 Å². The van der Waals surface area contributed by atoms with Crippen LogP contribution in [-0.2, 0) is 9.53 Å². The van der Waals surface area contributed by atoms with Crippen LogP contribution in [-0.4, -0.2) is 44.2 Å². The molecule has 0 saturated carbocycles. The maximum atomic E-state index is 11.2. The maximum Gasteiger partial charge on any atom is 0.333 e. The highest BCUT2D eigenvalue weighted by molar-refractivity contribution is 5.86. The second-order valence-corrected chi connectivity index (χ2v) is 6.07. The van der Waals surface area contributed by atoms with Crippen LogP contribution in [0.25, 0.3) is 0 Å². The Hall–Kier alpha value is -0.830. The Balaban J connectivity index is 3.57. The monoisotopic (exact) mass is 270 g/mol. The van der Waals surface area contributed by atoms with Crippen molar-refractivity contribution in [2.24, 2.45) is 0 Å². The Bertz CT molecular complexity index is 272. The molecule has 3 heteroatoms. The number of quaternary nitrogens is 1. The first-order valence-corrected chi connectivity index (χ1v) is 7.53. The molecule has 0 spiro atoms. The van der Waals surface area contributed by atoms with Gasteiger partial charge in [0.05, 0.1) is 33.8 Å². The molecule has 0 radical (unpaired) electrons. The highest BCUT2D eigenvalue weighted by Gasteiger charge is 2.13. The lowest BCUT2D eigenvalue weighted by molar-refractivity contribution is -0.890. The zero-order valence-electron chi connectivity index (χ0n) is 13.3. The zero-order valence-corrected chi connectivity index (χ0v) is 13.3. The molecule has 0 aromatic heterocycles. The third-order valence-corrected chi connectivity index (χ3v) is 3.36. The molecule has 0 aliphatic rings. The van der Waals surface area contributed by atoms with E-state index in [1.807, 2.05) is 0 Å². The van der Waals surface area contributed by atoms with Crippen molar-refractivity contribution in [3.63, 3.8) is 0 Å². The average Bonchev–Trinajstić information content (AvgIpc) is 2.33. The minimum atomic E-state index is -0.270. The molecule has 0 N–H and O–H groups in total. The lowest BCUT2D eigenvalue weighted by Gasteiger charge is -2.29. The zero-order chi connectivity index (χ0) is 14.7. The van der Waals surface area contributed by atoms with Gasteiger partial charge in [0.15, 0.2) is 0 Å². The van der Waals surface area contributed by atoms with Crippen LogP contribution in [0.4, 0.5) is 0 Å². The van der Waals surface area contributed by atoms with E-state index in [0.29, 0.717) is 12.2 Å². The Kier molecular flexibility index (Phi) is 9.58. The molecule has 3 nitrogen and oxygen atoms in total. The SMILES string of the molecule is C=C(C)C(=O)OCCCC[N+](C)(C)CCCCCC. The number of ether oxygens (including phenoxy) is 1. The summed E-state index contributed by atoms with van der Waals surface area (Å²) in [6, 6.07) is 0. The van der Waals surface area contributed by atoms with Crippen molar-refractivity contribution in [1.82, 2.24) is 0 Å². The number of rotatable bonds is 11. The second kappa shape index (κ2) is 10.0. The number of nitrogens with zero attached hydrogens (tertiary/aromatic N) is 1. The van der Waals surface area contributed by atoms with Gasteiger partial charge in [0.25, 0.3) is 0 Å². The van der Waals surface area contributed by atoms with Crippen molar-refractivity contribution in [3.05, 3.63) is 12.2 Å². The molecule has 0 amide bonds. The minimum Gasteiger partial charge on any atom is -0.462 e. The first-order chi connectivity index (χ1) is 8.89. The van der Waals surface area contributed by atoms with Gasteiger partial charge in [-0.3, -0.25) is 0 Å². The Labute approximate surface area is 119 Å². The van der Waals surface area contributed by atoms with Crippen LogP contribution in [0, 0.1) is 0 Å². The van der Waals surface area contributed by atoms with Crippen LogP contribution < -0.4 is 0 Å². The van der Waals surface area contributed by atoms with E-state index in [0.717, 1.165) is 23.9 Å².